The van der Waals surface area contributed by atoms with E-state index in [4.69, 9.17) is 4.98 Å². The van der Waals surface area contributed by atoms with E-state index >= 15 is 0 Å². The van der Waals surface area contributed by atoms with E-state index in [0.29, 0.717) is 0 Å². The van der Waals surface area contributed by atoms with Crippen LogP contribution in [0, 0.1) is 0 Å². The van der Waals surface area contributed by atoms with Crippen molar-refractivity contribution in [2.45, 2.75) is 19.4 Å². The van der Waals surface area contributed by atoms with Gasteiger partial charge < -0.3 is 4.57 Å². The van der Waals surface area contributed by atoms with Gasteiger partial charge >= 0.3 is 0 Å². The minimum absolute atomic E-state index is 0.109. The molecule has 4 heteroatoms. The van der Waals surface area contributed by atoms with E-state index in [1.165, 1.54) is 5.69 Å². The molecule has 158 valence electrons. The first kappa shape index (κ1) is 18.8. The van der Waals surface area contributed by atoms with Gasteiger partial charge in [-0.1, -0.05) is 72.8 Å². The minimum Gasteiger partial charge on any atom is -0.343 e. The number of hydrogen-bond acceptors (Lipinski definition) is 3. The van der Waals surface area contributed by atoms with Crippen LogP contribution in [0.15, 0.2) is 89.7 Å². The average Bonchev–Trinajstić information content (AvgIpc) is 3.45. The molecule has 0 saturated carbocycles. The molecule has 0 spiro atoms. The van der Waals surface area contributed by atoms with Crippen LogP contribution in [0.5, 0.6) is 0 Å². The average molecular weight is 445 g/mol. The van der Waals surface area contributed by atoms with Crippen molar-refractivity contribution in [3.8, 4) is 33.0 Å². The third-order valence-electron chi connectivity index (χ3n) is 6.72. The summed E-state index contributed by atoms with van der Waals surface area (Å²) in [6.07, 6.45) is 2.07. The van der Waals surface area contributed by atoms with E-state index in [0.717, 1.165) is 73.3 Å². The summed E-state index contributed by atoms with van der Waals surface area (Å²) in [6, 6.07) is 28.7. The fraction of sp³-hybridized carbons (Fsp3) is 0.103. The topological polar surface area (TPSA) is 34.9 Å². The summed E-state index contributed by atoms with van der Waals surface area (Å²) >= 11 is 1.68. The second-order valence-corrected chi connectivity index (χ2v) is 9.65. The lowest BCUT2D eigenvalue weighted by molar-refractivity contribution is 0.758. The van der Waals surface area contributed by atoms with Crippen LogP contribution in [0.2, 0.25) is 0 Å². The summed E-state index contributed by atoms with van der Waals surface area (Å²) in [6.45, 7) is 0.937. The zero-order chi connectivity index (χ0) is 21.9. The second-order valence-electron chi connectivity index (χ2n) is 8.60. The zero-order valence-corrected chi connectivity index (χ0v) is 18.7. The van der Waals surface area contributed by atoms with Gasteiger partial charge in [0.15, 0.2) is 5.43 Å². The van der Waals surface area contributed by atoms with E-state index in [1.807, 2.05) is 60.7 Å². The molecule has 0 radical (unpaired) electrons. The van der Waals surface area contributed by atoms with E-state index in [1.54, 1.807) is 11.3 Å². The van der Waals surface area contributed by atoms with Crippen LogP contribution >= 0.6 is 11.3 Å². The molecule has 0 unspecified atom stereocenters. The first-order valence-electron chi connectivity index (χ1n) is 11.3. The molecule has 3 heterocycles. The predicted molar refractivity (Wildman–Crippen MR) is 137 cm³/mol. The Morgan fingerprint density at radius 2 is 1.48 bits per heavy atom. The van der Waals surface area contributed by atoms with Crippen LogP contribution in [0.3, 0.4) is 0 Å². The van der Waals surface area contributed by atoms with Crippen LogP contribution in [0.25, 0.3) is 53.9 Å². The summed E-state index contributed by atoms with van der Waals surface area (Å²) in [4.78, 5) is 20.5. The van der Waals surface area contributed by atoms with Crippen molar-refractivity contribution in [1.82, 2.24) is 9.55 Å². The Labute approximate surface area is 194 Å². The van der Waals surface area contributed by atoms with Crippen molar-refractivity contribution < 1.29 is 0 Å². The fourth-order valence-corrected chi connectivity index (χ4v) is 6.49. The number of fused-ring (bicyclic) bond motifs is 6. The number of benzene rings is 4. The van der Waals surface area contributed by atoms with Gasteiger partial charge in [0.05, 0.1) is 31.9 Å². The Morgan fingerprint density at radius 1 is 0.788 bits per heavy atom. The Morgan fingerprint density at radius 3 is 2.27 bits per heavy atom. The van der Waals surface area contributed by atoms with Crippen molar-refractivity contribution in [2.24, 2.45) is 0 Å². The molecule has 33 heavy (non-hydrogen) atoms. The maximum atomic E-state index is 14.3. The monoisotopic (exact) mass is 444 g/mol. The molecular weight excluding hydrogens is 424 g/mol. The molecule has 0 N–H and O–H groups in total. The summed E-state index contributed by atoms with van der Waals surface area (Å²) in [5.41, 5.74) is 7.15. The SMILES string of the molecule is O=c1c(-c2ccccc2)c2sc3ccccc3nc-2c2c3n(c(-c4ccccc4)c12)CCC3. The van der Waals surface area contributed by atoms with Crippen LogP contribution in [-0.2, 0) is 13.0 Å². The number of para-hydroxylation sites is 1. The van der Waals surface area contributed by atoms with Crippen molar-refractivity contribution in [3.63, 3.8) is 0 Å². The summed E-state index contributed by atoms with van der Waals surface area (Å²) in [5.74, 6) is 0. The Balaban J connectivity index is 1.75. The molecule has 0 atom stereocenters. The summed E-state index contributed by atoms with van der Waals surface area (Å²) in [5, 5.41) is 1.87. The fourth-order valence-electron chi connectivity index (χ4n) is 5.35. The highest BCUT2D eigenvalue weighted by Gasteiger charge is 2.31. The number of nitrogens with zero attached hydrogens (tertiary/aromatic N) is 2. The molecule has 3 aliphatic rings. The molecule has 0 fully saturated rings. The molecule has 3 nitrogen and oxygen atoms in total. The number of aryl methyl sites for hydroxylation is 1. The Hall–Kier alpha value is -3.76. The first-order valence-corrected chi connectivity index (χ1v) is 12.1. The van der Waals surface area contributed by atoms with E-state index in [9.17, 15) is 4.79 Å². The molecule has 1 aliphatic carbocycles. The summed E-state index contributed by atoms with van der Waals surface area (Å²) < 4.78 is 3.47. The molecular formula is C29H20N2OS. The first-order chi connectivity index (χ1) is 16.3. The number of hydrogen-bond donors (Lipinski definition) is 0. The van der Waals surface area contributed by atoms with Crippen molar-refractivity contribution >= 4 is 32.3 Å². The Kier molecular flexibility index (Phi) is 4.05. The van der Waals surface area contributed by atoms with Crippen molar-refractivity contribution in [2.75, 3.05) is 0 Å². The van der Waals surface area contributed by atoms with E-state index in [2.05, 4.69) is 28.8 Å². The molecule has 0 saturated heterocycles. The zero-order valence-electron chi connectivity index (χ0n) is 17.9. The summed E-state index contributed by atoms with van der Waals surface area (Å²) in [7, 11) is 0. The largest absolute Gasteiger partial charge is 0.343 e. The van der Waals surface area contributed by atoms with Crippen LogP contribution in [-0.4, -0.2) is 9.55 Å². The van der Waals surface area contributed by atoms with Gasteiger partial charge in [0.2, 0.25) is 0 Å². The van der Waals surface area contributed by atoms with Crippen molar-refractivity contribution in [3.05, 3.63) is 101 Å². The molecule has 1 aromatic heterocycles. The van der Waals surface area contributed by atoms with Crippen LogP contribution in [0.4, 0.5) is 0 Å². The molecule has 0 bridgehead atoms. The molecule has 3 aromatic carbocycles. The van der Waals surface area contributed by atoms with Gasteiger partial charge in [-0.2, -0.15) is 0 Å². The maximum Gasteiger partial charge on any atom is 0.198 e. The lowest BCUT2D eigenvalue weighted by atomic mass is 9.94. The number of rotatable bonds is 2. The van der Waals surface area contributed by atoms with Gasteiger partial charge in [0, 0.05) is 23.2 Å². The molecule has 7 rings (SSSR count). The van der Waals surface area contributed by atoms with Crippen molar-refractivity contribution in [1.29, 1.82) is 0 Å². The molecule has 2 aliphatic heterocycles. The minimum atomic E-state index is 0.109. The third kappa shape index (κ3) is 2.68. The highest BCUT2D eigenvalue weighted by molar-refractivity contribution is 7.22. The lowest BCUT2D eigenvalue weighted by Gasteiger charge is -2.14. The van der Waals surface area contributed by atoms with Gasteiger partial charge in [-0.25, -0.2) is 4.98 Å². The predicted octanol–water partition coefficient (Wildman–Crippen LogP) is 7.00. The van der Waals surface area contributed by atoms with Gasteiger partial charge in [0.25, 0.3) is 0 Å². The van der Waals surface area contributed by atoms with Crippen LogP contribution in [0.1, 0.15) is 12.1 Å². The number of aromatic nitrogens is 2. The van der Waals surface area contributed by atoms with Gasteiger partial charge in [-0.15, -0.1) is 11.3 Å². The van der Waals surface area contributed by atoms with E-state index < -0.39 is 0 Å². The second kappa shape index (κ2) is 7.12. The van der Waals surface area contributed by atoms with E-state index in [-0.39, 0.29) is 5.43 Å². The molecule has 0 amide bonds. The third-order valence-corrected chi connectivity index (χ3v) is 7.89. The highest BCUT2D eigenvalue weighted by Crippen LogP contribution is 2.46. The van der Waals surface area contributed by atoms with Gasteiger partial charge in [-0.3, -0.25) is 4.79 Å². The Bertz CT molecular complexity index is 1700. The lowest BCUT2D eigenvalue weighted by Crippen LogP contribution is -2.10. The normalized spacial score (nSPS) is 13.2. The highest BCUT2D eigenvalue weighted by atomic mass is 32.1. The standard InChI is InChI=1S/C29H20N2OS/c32-28-23(18-10-3-1-4-11-18)29-26(30-20-14-7-8-16-22(20)33-29)24-21-15-9-17-31(21)27(25(24)28)19-12-5-2-6-13-19/h1-8,10-14,16H,9,15,17H2. The smallest absolute Gasteiger partial charge is 0.198 e. The molecule has 4 aromatic rings. The van der Waals surface area contributed by atoms with Gasteiger partial charge in [-0.05, 0) is 36.1 Å². The quantitative estimate of drug-likeness (QED) is 0.270. The van der Waals surface area contributed by atoms with Gasteiger partial charge in [0.1, 0.15) is 0 Å². The van der Waals surface area contributed by atoms with Crippen LogP contribution < -0.4 is 5.43 Å². The maximum absolute atomic E-state index is 14.3.